The third kappa shape index (κ3) is 3.19. The van der Waals surface area contributed by atoms with E-state index in [-0.39, 0.29) is 0 Å². The van der Waals surface area contributed by atoms with Crippen LogP contribution in [0.4, 0.5) is 0 Å². The Morgan fingerprint density at radius 2 is 2.31 bits per heavy atom. The molecule has 2 aliphatic rings. The number of morpholine rings is 1. The van der Waals surface area contributed by atoms with Crippen molar-refractivity contribution in [3.8, 4) is 0 Å². The molecule has 3 nitrogen and oxygen atoms in total. The maximum Gasteiger partial charge on any atom is 0.0700 e. The lowest BCUT2D eigenvalue weighted by Gasteiger charge is -2.42. The van der Waals surface area contributed by atoms with Crippen LogP contribution in [-0.4, -0.2) is 49.3 Å². The van der Waals surface area contributed by atoms with E-state index in [4.69, 9.17) is 4.74 Å². The molecule has 0 aromatic heterocycles. The molecule has 0 bridgehead atoms. The number of rotatable bonds is 3. The van der Waals surface area contributed by atoms with E-state index in [9.17, 15) is 0 Å². The zero-order chi connectivity index (χ0) is 11.4. The molecule has 0 aliphatic carbocycles. The second kappa shape index (κ2) is 5.48. The van der Waals surface area contributed by atoms with Crippen molar-refractivity contribution in [1.29, 1.82) is 0 Å². The van der Waals surface area contributed by atoms with Crippen LogP contribution in [0.3, 0.4) is 0 Å². The Morgan fingerprint density at radius 1 is 1.44 bits per heavy atom. The number of hydrogen-bond donors (Lipinski definition) is 1. The minimum absolute atomic E-state index is 0.341. The van der Waals surface area contributed by atoms with E-state index in [2.05, 4.69) is 24.1 Å². The van der Waals surface area contributed by atoms with Gasteiger partial charge in [-0.1, -0.05) is 13.3 Å². The van der Waals surface area contributed by atoms with Gasteiger partial charge in [0, 0.05) is 25.2 Å². The fourth-order valence-electron chi connectivity index (χ4n) is 2.92. The first-order chi connectivity index (χ1) is 7.72. The van der Waals surface area contributed by atoms with Gasteiger partial charge in [-0.3, -0.25) is 4.90 Å². The highest BCUT2D eigenvalue weighted by Crippen LogP contribution is 2.21. The van der Waals surface area contributed by atoms with Gasteiger partial charge >= 0.3 is 0 Å². The van der Waals surface area contributed by atoms with Gasteiger partial charge in [0.25, 0.3) is 0 Å². The average Bonchev–Trinajstić information content (AvgIpc) is 2.29. The molecule has 1 N–H and O–H groups in total. The van der Waals surface area contributed by atoms with Crippen LogP contribution in [-0.2, 0) is 4.74 Å². The topological polar surface area (TPSA) is 24.5 Å². The lowest BCUT2D eigenvalue weighted by molar-refractivity contribution is -0.0383. The van der Waals surface area contributed by atoms with Crippen LogP contribution in [0.25, 0.3) is 0 Å². The molecule has 0 saturated carbocycles. The normalized spacial score (nSPS) is 37.5. The predicted molar refractivity (Wildman–Crippen MR) is 66.7 cm³/mol. The van der Waals surface area contributed by atoms with Crippen molar-refractivity contribution in [2.75, 3.05) is 32.8 Å². The molecular weight excluding hydrogens is 200 g/mol. The Balaban J connectivity index is 1.83. The average molecular weight is 226 g/mol. The molecule has 2 aliphatic heterocycles. The Hall–Kier alpha value is -0.120. The first-order valence-electron chi connectivity index (χ1n) is 6.81. The minimum atomic E-state index is 0.341. The van der Waals surface area contributed by atoms with E-state index in [0.717, 1.165) is 26.1 Å². The Kier molecular flexibility index (Phi) is 4.22. The Morgan fingerprint density at radius 3 is 3.00 bits per heavy atom. The summed E-state index contributed by atoms with van der Waals surface area (Å²) in [7, 11) is 0. The third-order valence-corrected chi connectivity index (χ3v) is 3.96. The van der Waals surface area contributed by atoms with Gasteiger partial charge < -0.3 is 10.1 Å². The van der Waals surface area contributed by atoms with Crippen molar-refractivity contribution in [2.45, 2.75) is 51.2 Å². The summed E-state index contributed by atoms with van der Waals surface area (Å²) in [6.45, 7) is 10.1. The van der Waals surface area contributed by atoms with Crippen molar-refractivity contribution >= 4 is 0 Å². The lowest BCUT2D eigenvalue weighted by Crippen LogP contribution is -2.56. The van der Waals surface area contributed by atoms with E-state index in [1.165, 1.54) is 32.4 Å². The monoisotopic (exact) mass is 226 g/mol. The van der Waals surface area contributed by atoms with Gasteiger partial charge in [-0.15, -0.1) is 0 Å². The maximum absolute atomic E-state index is 5.72. The summed E-state index contributed by atoms with van der Waals surface area (Å²) in [5, 5.41) is 3.69. The highest BCUT2D eigenvalue weighted by molar-refractivity contribution is 4.90. The third-order valence-electron chi connectivity index (χ3n) is 3.96. The molecule has 2 saturated heterocycles. The van der Waals surface area contributed by atoms with Gasteiger partial charge in [0.2, 0.25) is 0 Å². The smallest absolute Gasteiger partial charge is 0.0700 e. The van der Waals surface area contributed by atoms with Gasteiger partial charge in [-0.2, -0.15) is 0 Å². The first-order valence-corrected chi connectivity index (χ1v) is 6.81. The molecule has 2 atom stereocenters. The SMILES string of the molecule is CCC1CN(CC2(C)CCCCN2)CCO1. The molecule has 2 fully saturated rings. The zero-order valence-corrected chi connectivity index (χ0v) is 10.8. The molecule has 2 heterocycles. The fraction of sp³-hybridized carbons (Fsp3) is 1.00. The zero-order valence-electron chi connectivity index (χ0n) is 10.8. The molecule has 0 aromatic carbocycles. The quantitative estimate of drug-likeness (QED) is 0.791. The number of hydrogen-bond acceptors (Lipinski definition) is 3. The van der Waals surface area contributed by atoms with Crippen LogP contribution >= 0.6 is 0 Å². The highest BCUT2D eigenvalue weighted by atomic mass is 16.5. The maximum atomic E-state index is 5.72. The minimum Gasteiger partial charge on any atom is -0.376 e. The van der Waals surface area contributed by atoms with Crippen LogP contribution < -0.4 is 5.32 Å². The fourth-order valence-corrected chi connectivity index (χ4v) is 2.92. The van der Waals surface area contributed by atoms with Crippen molar-refractivity contribution in [3.63, 3.8) is 0 Å². The van der Waals surface area contributed by atoms with Crippen molar-refractivity contribution in [3.05, 3.63) is 0 Å². The van der Waals surface area contributed by atoms with Crippen molar-refractivity contribution in [1.82, 2.24) is 10.2 Å². The number of piperidine rings is 1. The van der Waals surface area contributed by atoms with E-state index in [1.807, 2.05) is 0 Å². The molecule has 3 heteroatoms. The van der Waals surface area contributed by atoms with Gasteiger partial charge in [0.05, 0.1) is 12.7 Å². The van der Waals surface area contributed by atoms with E-state index >= 15 is 0 Å². The van der Waals surface area contributed by atoms with Crippen molar-refractivity contribution < 1.29 is 4.74 Å². The molecule has 0 radical (unpaired) electrons. The van der Waals surface area contributed by atoms with E-state index < -0.39 is 0 Å². The molecule has 0 aromatic rings. The second-order valence-electron chi connectivity index (χ2n) is 5.58. The van der Waals surface area contributed by atoms with Crippen molar-refractivity contribution in [2.24, 2.45) is 0 Å². The summed E-state index contributed by atoms with van der Waals surface area (Å²) >= 11 is 0. The van der Waals surface area contributed by atoms with Gasteiger partial charge in [-0.05, 0) is 32.7 Å². The summed E-state index contributed by atoms with van der Waals surface area (Å²) in [4.78, 5) is 2.58. The molecule has 0 spiro atoms. The van der Waals surface area contributed by atoms with E-state index in [1.54, 1.807) is 0 Å². The highest BCUT2D eigenvalue weighted by Gasteiger charge is 2.30. The van der Waals surface area contributed by atoms with Crippen LogP contribution in [0.2, 0.25) is 0 Å². The molecule has 94 valence electrons. The number of nitrogens with one attached hydrogen (secondary N) is 1. The van der Waals surface area contributed by atoms with Crippen LogP contribution in [0.5, 0.6) is 0 Å². The molecule has 2 unspecified atom stereocenters. The predicted octanol–water partition coefficient (Wildman–Crippen LogP) is 1.63. The standard InChI is InChI=1S/C13H26N2O/c1-3-12-10-15(8-9-16-12)11-13(2)6-4-5-7-14-13/h12,14H,3-11H2,1-2H3. The Labute approximate surface area is 99.5 Å². The van der Waals surface area contributed by atoms with Crippen LogP contribution in [0.1, 0.15) is 39.5 Å². The number of nitrogens with zero attached hydrogens (tertiary/aromatic N) is 1. The van der Waals surface area contributed by atoms with Gasteiger partial charge in [0.15, 0.2) is 0 Å². The number of ether oxygens (including phenoxy) is 1. The summed E-state index contributed by atoms with van der Waals surface area (Å²) in [5.74, 6) is 0. The first kappa shape index (κ1) is 12.3. The van der Waals surface area contributed by atoms with E-state index in [0.29, 0.717) is 11.6 Å². The second-order valence-corrected chi connectivity index (χ2v) is 5.58. The molecule has 0 amide bonds. The summed E-state index contributed by atoms with van der Waals surface area (Å²) in [5.41, 5.74) is 0.341. The van der Waals surface area contributed by atoms with Crippen LogP contribution in [0.15, 0.2) is 0 Å². The van der Waals surface area contributed by atoms with Gasteiger partial charge in [-0.25, -0.2) is 0 Å². The Bertz CT molecular complexity index is 214. The molecule has 2 rings (SSSR count). The summed E-state index contributed by atoms with van der Waals surface area (Å²) in [6.07, 6.45) is 5.64. The molecular formula is C13H26N2O. The molecule has 16 heavy (non-hydrogen) atoms. The summed E-state index contributed by atoms with van der Waals surface area (Å²) in [6, 6.07) is 0. The van der Waals surface area contributed by atoms with Gasteiger partial charge in [0.1, 0.15) is 0 Å². The lowest BCUT2D eigenvalue weighted by atomic mass is 9.90. The van der Waals surface area contributed by atoms with Crippen LogP contribution in [0, 0.1) is 0 Å². The largest absolute Gasteiger partial charge is 0.376 e. The summed E-state index contributed by atoms with van der Waals surface area (Å²) < 4.78 is 5.72.